The molecule has 1 aromatic carbocycles. The Kier molecular flexibility index (Phi) is 4.96. The summed E-state index contributed by atoms with van der Waals surface area (Å²) in [4.78, 5) is 22.1. The van der Waals surface area contributed by atoms with Gasteiger partial charge in [-0.1, -0.05) is 0 Å². The molecule has 0 amide bonds. The van der Waals surface area contributed by atoms with E-state index in [9.17, 15) is 22.4 Å². The lowest BCUT2D eigenvalue weighted by molar-refractivity contribution is -0.120. The Hall–Kier alpha value is -1.80. The van der Waals surface area contributed by atoms with Gasteiger partial charge in [0.15, 0.2) is 5.78 Å². The molecule has 0 spiro atoms. The van der Waals surface area contributed by atoms with Crippen LogP contribution in [0.3, 0.4) is 0 Å². The van der Waals surface area contributed by atoms with E-state index in [1.165, 1.54) is 21.0 Å². The zero-order chi connectivity index (χ0) is 15.5. The van der Waals surface area contributed by atoms with Gasteiger partial charge in [0.1, 0.15) is 12.4 Å². The van der Waals surface area contributed by atoms with Crippen LogP contribution >= 0.6 is 0 Å². The maximum Gasteiger partial charge on any atom is 0.341 e. The fourth-order valence-electron chi connectivity index (χ4n) is 1.28. The van der Waals surface area contributed by atoms with Crippen molar-refractivity contribution in [3.8, 4) is 0 Å². The Morgan fingerprint density at radius 2 is 1.90 bits per heavy atom. The molecular weight excluding hydrogens is 289 g/mol. The zero-order valence-corrected chi connectivity index (χ0v) is 12.0. The number of hydrogen-bond acceptors (Lipinski definition) is 5. The van der Waals surface area contributed by atoms with E-state index in [0.29, 0.717) is 0 Å². The summed E-state index contributed by atoms with van der Waals surface area (Å²) in [5.74, 6) is -2.42. The number of Topliss-reactive ketones (excluding diaryl/α,β-unsaturated/α-hetero) is 1. The van der Waals surface area contributed by atoms with Gasteiger partial charge in [0.25, 0.3) is 0 Å². The van der Waals surface area contributed by atoms with Crippen LogP contribution in [0.15, 0.2) is 23.1 Å². The summed E-state index contributed by atoms with van der Waals surface area (Å²) in [5, 5.41) is 0. The minimum atomic E-state index is -3.79. The van der Waals surface area contributed by atoms with Gasteiger partial charge >= 0.3 is 5.97 Å². The molecule has 0 aliphatic rings. The average molecular weight is 303 g/mol. The van der Waals surface area contributed by atoms with Crippen LogP contribution in [0, 0.1) is 5.82 Å². The first-order valence-electron chi connectivity index (χ1n) is 5.55. The predicted molar refractivity (Wildman–Crippen MR) is 68.2 cm³/mol. The van der Waals surface area contributed by atoms with Crippen LogP contribution in [0.1, 0.15) is 17.3 Å². The summed E-state index contributed by atoms with van der Waals surface area (Å²) < 4.78 is 42.8. The van der Waals surface area contributed by atoms with Crippen molar-refractivity contribution in [2.75, 3.05) is 20.7 Å². The molecule has 8 heteroatoms. The van der Waals surface area contributed by atoms with Gasteiger partial charge < -0.3 is 4.74 Å². The van der Waals surface area contributed by atoms with Crippen molar-refractivity contribution < 1.29 is 27.1 Å². The number of sulfonamides is 1. The minimum Gasteiger partial charge on any atom is -0.454 e. The van der Waals surface area contributed by atoms with Gasteiger partial charge in [-0.25, -0.2) is 21.9 Å². The van der Waals surface area contributed by atoms with Crippen molar-refractivity contribution >= 4 is 21.8 Å². The molecule has 0 heterocycles. The monoisotopic (exact) mass is 303 g/mol. The minimum absolute atomic E-state index is 0.237. The van der Waals surface area contributed by atoms with Crippen LogP contribution in [-0.2, 0) is 19.6 Å². The average Bonchev–Trinajstić information content (AvgIpc) is 2.35. The molecule has 0 bridgehead atoms. The predicted octanol–water partition coefficient (Wildman–Crippen LogP) is 0.822. The van der Waals surface area contributed by atoms with Crippen molar-refractivity contribution in [2.45, 2.75) is 11.8 Å². The molecule has 1 rings (SSSR count). The summed E-state index contributed by atoms with van der Waals surface area (Å²) >= 11 is 0. The number of ether oxygens (including phenoxy) is 1. The topological polar surface area (TPSA) is 80.8 Å². The molecule has 0 saturated carbocycles. The molecule has 0 aliphatic carbocycles. The molecule has 0 atom stereocenters. The molecule has 6 nitrogen and oxygen atoms in total. The molecule has 0 fully saturated rings. The molecule has 110 valence electrons. The Balaban J connectivity index is 3.16. The molecule has 0 radical (unpaired) electrons. The van der Waals surface area contributed by atoms with E-state index in [4.69, 9.17) is 0 Å². The third-order valence-electron chi connectivity index (χ3n) is 2.34. The summed E-state index contributed by atoms with van der Waals surface area (Å²) in [6, 6.07) is 2.79. The largest absolute Gasteiger partial charge is 0.454 e. The van der Waals surface area contributed by atoms with E-state index in [1.807, 2.05) is 0 Å². The highest BCUT2D eigenvalue weighted by molar-refractivity contribution is 7.89. The fraction of sp³-hybridized carbons (Fsp3) is 0.333. The van der Waals surface area contributed by atoms with Gasteiger partial charge in [0, 0.05) is 14.1 Å². The quantitative estimate of drug-likeness (QED) is 0.752. The van der Waals surface area contributed by atoms with E-state index >= 15 is 0 Å². The van der Waals surface area contributed by atoms with E-state index < -0.39 is 39.8 Å². The second-order valence-electron chi connectivity index (χ2n) is 4.21. The number of carbonyl (C=O) groups excluding carboxylic acids is 2. The number of nitrogens with zero attached hydrogens (tertiary/aromatic N) is 1. The number of rotatable bonds is 5. The van der Waals surface area contributed by atoms with Gasteiger partial charge in [-0.15, -0.1) is 0 Å². The molecule has 0 unspecified atom stereocenters. The van der Waals surface area contributed by atoms with E-state index in [2.05, 4.69) is 4.74 Å². The number of carbonyl (C=O) groups is 2. The maximum atomic E-state index is 13.5. The third-order valence-corrected chi connectivity index (χ3v) is 4.15. The molecule has 0 saturated heterocycles. The molecule has 20 heavy (non-hydrogen) atoms. The Labute approximate surface area is 116 Å². The summed E-state index contributed by atoms with van der Waals surface area (Å²) in [5.41, 5.74) is -0.533. The van der Waals surface area contributed by atoms with Gasteiger partial charge in [-0.05, 0) is 25.1 Å². The van der Waals surface area contributed by atoms with E-state index in [1.54, 1.807) is 0 Å². The zero-order valence-electron chi connectivity index (χ0n) is 11.2. The van der Waals surface area contributed by atoms with Crippen LogP contribution in [0.5, 0.6) is 0 Å². The Bertz CT molecular complexity index is 639. The van der Waals surface area contributed by atoms with Crippen molar-refractivity contribution in [2.24, 2.45) is 0 Å². The molecule has 0 N–H and O–H groups in total. The Morgan fingerprint density at radius 3 is 2.40 bits per heavy atom. The summed E-state index contributed by atoms with van der Waals surface area (Å²) in [6.45, 7) is 0.708. The van der Waals surface area contributed by atoms with Crippen LogP contribution in [0.25, 0.3) is 0 Å². The van der Waals surface area contributed by atoms with E-state index in [0.717, 1.165) is 22.5 Å². The van der Waals surface area contributed by atoms with Crippen LogP contribution in [0.4, 0.5) is 4.39 Å². The van der Waals surface area contributed by atoms with Gasteiger partial charge in [-0.3, -0.25) is 4.79 Å². The smallest absolute Gasteiger partial charge is 0.341 e. The summed E-state index contributed by atoms with van der Waals surface area (Å²) in [6.07, 6.45) is 0. The maximum absolute atomic E-state index is 13.5. The Morgan fingerprint density at radius 1 is 1.30 bits per heavy atom. The first-order valence-corrected chi connectivity index (χ1v) is 6.99. The molecule has 0 aliphatic heterocycles. The van der Waals surface area contributed by atoms with Crippen molar-refractivity contribution in [3.05, 3.63) is 29.6 Å². The third kappa shape index (κ3) is 3.61. The van der Waals surface area contributed by atoms with Crippen LogP contribution in [0.2, 0.25) is 0 Å². The van der Waals surface area contributed by atoms with Gasteiger partial charge in [-0.2, -0.15) is 0 Å². The van der Waals surface area contributed by atoms with Gasteiger partial charge in [0.05, 0.1) is 10.5 Å². The summed E-state index contributed by atoms with van der Waals surface area (Å²) in [7, 11) is -1.17. The molecular formula is C12H14FNO5S. The van der Waals surface area contributed by atoms with Crippen LogP contribution < -0.4 is 0 Å². The first kappa shape index (κ1) is 16.3. The second kappa shape index (κ2) is 6.10. The lowest BCUT2D eigenvalue weighted by Crippen LogP contribution is -2.23. The van der Waals surface area contributed by atoms with E-state index in [-0.39, 0.29) is 4.90 Å². The highest BCUT2D eigenvalue weighted by atomic mass is 32.2. The number of halogens is 1. The fourth-order valence-corrected chi connectivity index (χ4v) is 2.21. The number of benzene rings is 1. The van der Waals surface area contributed by atoms with Crippen LogP contribution in [-0.4, -0.2) is 45.2 Å². The SMILES string of the molecule is CC(=O)COC(=O)c1cc(S(=O)(=O)N(C)C)ccc1F. The lowest BCUT2D eigenvalue weighted by atomic mass is 10.2. The number of hydrogen-bond donors (Lipinski definition) is 0. The molecule has 1 aromatic rings. The van der Waals surface area contributed by atoms with Crippen molar-refractivity contribution in [1.29, 1.82) is 0 Å². The highest BCUT2D eigenvalue weighted by Crippen LogP contribution is 2.18. The first-order chi connectivity index (χ1) is 9.16. The normalized spacial score (nSPS) is 11.4. The van der Waals surface area contributed by atoms with Gasteiger partial charge in [0.2, 0.25) is 10.0 Å². The number of ketones is 1. The number of esters is 1. The molecule has 0 aromatic heterocycles. The highest BCUT2D eigenvalue weighted by Gasteiger charge is 2.22. The second-order valence-corrected chi connectivity index (χ2v) is 6.36. The standard InChI is InChI=1S/C12H14FNO5S/c1-8(15)7-19-12(16)10-6-9(4-5-11(10)13)20(17,18)14(2)3/h4-6H,7H2,1-3H3. The van der Waals surface area contributed by atoms with Crippen molar-refractivity contribution in [3.63, 3.8) is 0 Å². The van der Waals surface area contributed by atoms with Crippen molar-refractivity contribution in [1.82, 2.24) is 4.31 Å². The lowest BCUT2D eigenvalue weighted by Gasteiger charge is -2.12.